The van der Waals surface area contributed by atoms with Crippen molar-refractivity contribution in [3.05, 3.63) is 47.8 Å². The normalized spacial score (nSPS) is 23.4. The van der Waals surface area contributed by atoms with Crippen molar-refractivity contribution in [1.29, 1.82) is 0 Å². The molecule has 0 unspecified atom stereocenters. The van der Waals surface area contributed by atoms with E-state index in [2.05, 4.69) is 11.3 Å². The van der Waals surface area contributed by atoms with E-state index in [1.54, 1.807) is 0 Å². The molecule has 0 N–H and O–H groups in total. The first-order chi connectivity index (χ1) is 11.2. The van der Waals surface area contributed by atoms with Crippen LogP contribution in [0.15, 0.2) is 36.7 Å². The SMILES string of the molecule is Cc1cnn([C@H]2CCCN(C(=O)[C@@H]3Cc4ccccc4O3)C2)c1. The predicted molar refractivity (Wildman–Crippen MR) is 86.4 cm³/mol. The Morgan fingerprint density at radius 1 is 1.35 bits per heavy atom. The third-order valence-corrected chi connectivity index (χ3v) is 4.74. The molecule has 1 saturated heterocycles. The van der Waals surface area contributed by atoms with Crippen molar-refractivity contribution in [3.8, 4) is 5.75 Å². The number of carbonyl (C=O) groups excluding carboxylic acids is 1. The first-order valence-electron chi connectivity index (χ1n) is 8.25. The molecule has 0 bridgehead atoms. The molecule has 1 aromatic heterocycles. The summed E-state index contributed by atoms with van der Waals surface area (Å²) in [6.07, 6.45) is 6.31. The second kappa shape index (κ2) is 5.72. The van der Waals surface area contributed by atoms with Crippen molar-refractivity contribution in [2.45, 2.75) is 38.3 Å². The van der Waals surface area contributed by atoms with Gasteiger partial charge in [-0.25, -0.2) is 0 Å². The molecule has 1 aromatic carbocycles. The van der Waals surface area contributed by atoms with Crippen LogP contribution in [-0.2, 0) is 11.2 Å². The van der Waals surface area contributed by atoms with Gasteiger partial charge in [-0.3, -0.25) is 9.48 Å². The lowest BCUT2D eigenvalue weighted by molar-refractivity contribution is -0.139. The zero-order valence-corrected chi connectivity index (χ0v) is 13.3. The second-order valence-corrected chi connectivity index (χ2v) is 6.50. The summed E-state index contributed by atoms with van der Waals surface area (Å²) in [6, 6.07) is 8.18. The van der Waals surface area contributed by atoms with Crippen LogP contribution >= 0.6 is 0 Å². The maximum absolute atomic E-state index is 12.8. The lowest BCUT2D eigenvalue weighted by Gasteiger charge is -2.34. The summed E-state index contributed by atoms with van der Waals surface area (Å²) in [4.78, 5) is 14.8. The Kier molecular flexibility index (Phi) is 3.56. The van der Waals surface area contributed by atoms with Gasteiger partial charge in [0.1, 0.15) is 5.75 Å². The van der Waals surface area contributed by atoms with E-state index in [0.29, 0.717) is 6.42 Å². The van der Waals surface area contributed by atoms with Crippen LogP contribution in [0.5, 0.6) is 5.75 Å². The van der Waals surface area contributed by atoms with E-state index in [0.717, 1.165) is 42.8 Å². The summed E-state index contributed by atoms with van der Waals surface area (Å²) < 4.78 is 7.85. The van der Waals surface area contributed by atoms with E-state index in [1.165, 1.54) is 0 Å². The Labute approximate surface area is 135 Å². The number of hydrogen-bond acceptors (Lipinski definition) is 3. The number of para-hydroxylation sites is 1. The van der Waals surface area contributed by atoms with Crippen LogP contribution in [0, 0.1) is 6.92 Å². The topological polar surface area (TPSA) is 47.4 Å². The van der Waals surface area contributed by atoms with Crippen LogP contribution in [0.2, 0.25) is 0 Å². The van der Waals surface area contributed by atoms with Gasteiger partial charge in [0.05, 0.1) is 12.2 Å². The summed E-state index contributed by atoms with van der Waals surface area (Å²) in [5.74, 6) is 0.955. The van der Waals surface area contributed by atoms with Gasteiger partial charge in [0.15, 0.2) is 6.10 Å². The number of aryl methyl sites for hydroxylation is 1. The van der Waals surface area contributed by atoms with Crippen LogP contribution in [0.3, 0.4) is 0 Å². The Hall–Kier alpha value is -2.30. The average Bonchev–Trinajstić information content (AvgIpc) is 3.20. The van der Waals surface area contributed by atoms with Gasteiger partial charge >= 0.3 is 0 Å². The van der Waals surface area contributed by atoms with Gasteiger partial charge in [0, 0.05) is 25.7 Å². The highest BCUT2D eigenvalue weighted by atomic mass is 16.5. The number of nitrogens with zero attached hydrogens (tertiary/aromatic N) is 3. The number of rotatable bonds is 2. The summed E-state index contributed by atoms with van der Waals surface area (Å²) in [5.41, 5.74) is 2.28. The molecule has 23 heavy (non-hydrogen) atoms. The molecule has 2 aliphatic rings. The Bertz CT molecular complexity index is 700. The molecule has 4 rings (SSSR count). The first-order valence-corrected chi connectivity index (χ1v) is 8.25. The average molecular weight is 311 g/mol. The highest BCUT2D eigenvalue weighted by molar-refractivity contribution is 5.82. The van der Waals surface area contributed by atoms with Crippen molar-refractivity contribution >= 4 is 5.91 Å². The second-order valence-electron chi connectivity index (χ2n) is 6.50. The van der Waals surface area contributed by atoms with E-state index in [1.807, 2.05) is 47.0 Å². The Balaban J connectivity index is 1.45. The zero-order chi connectivity index (χ0) is 15.8. The molecule has 1 fully saturated rings. The van der Waals surface area contributed by atoms with Crippen molar-refractivity contribution in [3.63, 3.8) is 0 Å². The summed E-state index contributed by atoms with van der Waals surface area (Å²) >= 11 is 0. The van der Waals surface area contributed by atoms with Crippen LogP contribution in [0.4, 0.5) is 0 Å². The third kappa shape index (κ3) is 2.71. The van der Waals surface area contributed by atoms with E-state index >= 15 is 0 Å². The van der Waals surface area contributed by atoms with E-state index < -0.39 is 0 Å². The number of piperidine rings is 1. The molecule has 2 aliphatic heterocycles. The fourth-order valence-corrected chi connectivity index (χ4v) is 3.53. The number of benzene rings is 1. The maximum atomic E-state index is 12.8. The van der Waals surface area contributed by atoms with Crippen molar-refractivity contribution in [2.24, 2.45) is 0 Å². The minimum atomic E-state index is -0.370. The van der Waals surface area contributed by atoms with Gasteiger partial charge in [0.25, 0.3) is 5.91 Å². The molecule has 120 valence electrons. The fraction of sp³-hybridized carbons (Fsp3) is 0.444. The van der Waals surface area contributed by atoms with Gasteiger partial charge in [0.2, 0.25) is 0 Å². The Morgan fingerprint density at radius 3 is 3.00 bits per heavy atom. The molecule has 5 heteroatoms. The standard InChI is InChI=1S/C18H21N3O2/c1-13-10-19-21(11-13)15-6-4-8-20(12-15)18(22)17-9-14-5-2-3-7-16(14)23-17/h2-3,5,7,10-11,15,17H,4,6,8-9,12H2,1H3/t15-,17-/m0/s1. The lowest BCUT2D eigenvalue weighted by Crippen LogP contribution is -2.46. The molecule has 3 heterocycles. The molecule has 2 aromatic rings. The number of carbonyl (C=O) groups is 1. The molecule has 2 atom stereocenters. The van der Waals surface area contributed by atoms with Crippen molar-refractivity contribution in [2.75, 3.05) is 13.1 Å². The number of aromatic nitrogens is 2. The molecule has 0 aliphatic carbocycles. The zero-order valence-electron chi connectivity index (χ0n) is 13.3. The van der Waals surface area contributed by atoms with Crippen LogP contribution < -0.4 is 4.74 Å². The molecule has 1 amide bonds. The number of fused-ring (bicyclic) bond motifs is 1. The number of ether oxygens (including phenoxy) is 1. The maximum Gasteiger partial charge on any atom is 0.264 e. The number of amides is 1. The van der Waals surface area contributed by atoms with E-state index in [9.17, 15) is 4.79 Å². The lowest BCUT2D eigenvalue weighted by atomic mass is 10.0. The Morgan fingerprint density at radius 2 is 2.22 bits per heavy atom. The predicted octanol–water partition coefficient (Wildman–Crippen LogP) is 2.36. The molecule has 0 spiro atoms. The number of hydrogen-bond donors (Lipinski definition) is 0. The molecule has 0 saturated carbocycles. The van der Waals surface area contributed by atoms with Crippen LogP contribution in [-0.4, -0.2) is 39.8 Å². The van der Waals surface area contributed by atoms with Crippen LogP contribution in [0.25, 0.3) is 0 Å². The monoisotopic (exact) mass is 311 g/mol. The minimum Gasteiger partial charge on any atom is -0.480 e. The minimum absolute atomic E-state index is 0.106. The van der Waals surface area contributed by atoms with Crippen molar-refractivity contribution in [1.82, 2.24) is 14.7 Å². The van der Waals surface area contributed by atoms with Gasteiger partial charge < -0.3 is 9.64 Å². The summed E-state index contributed by atoms with van der Waals surface area (Å²) in [5, 5.41) is 4.41. The number of likely N-dealkylation sites (tertiary alicyclic amines) is 1. The third-order valence-electron chi connectivity index (χ3n) is 4.74. The van der Waals surface area contributed by atoms with E-state index in [4.69, 9.17) is 4.74 Å². The quantitative estimate of drug-likeness (QED) is 0.855. The molecule has 0 radical (unpaired) electrons. The summed E-state index contributed by atoms with van der Waals surface area (Å²) in [6.45, 7) is 3.57. The van der Waals surface area contributed by atoms with Gasteiger partial charge in [-0.15, -0.1) is 0 Å². The van der Waals surface area contributed by atoms with Gasteiger partial charge in [-0.2, -0.15) is 5.10 Å². The van der Waals surface area contributed by atoms with E-state index in [-0.39, 0.29) is 18.1 Å². The fourth-order valence-electron chi connectivity index (χ4n) is 3.53. The highest BCUT2D eigenvalue weighted by Crippen LogP contribution is 2.30. The molecule has 5 nitrogen and oxygen atoms in total. The first kappa shape index (κ1) is 14.3. The smallest absolute Gasteiger partial charge is 0.264 e. The van der Waals surface area contributed by atoms with Gasteiger partial charge in [-0.05, 0) is 37.0 Å². The molecular formula is C18H21N3O2. The van der Waals surface area contributed by atoms with Gasteiger partial charge in [-0.1, -0.05) is 18.2 Å². The van der Waals surface area contributed by atoms with Crippen LogP contribution in [0.1, 0.15) is 30.0 Å². The largest absolute Gasteiger partial charge is 0.480 e. The highest BCUT2D eigenvalue weighted by Gasteiger charge is 2.34. The molecular weight excluding hydrogens is 290 g/mol. The summed E-state index contributed by atoms with van der Waals surface area (Å²) in [7, 11) is 0. The van der Waals surface area contributed by atoms with Crippen molar-refractivity contribution < 1.29 is 9.53 Å².